The van der Waals surface area contributed by atoms with Crippen molar-refractivity contribution < 1.29 is 26.4 Å². The number of halogens is 4. The number of anilines is 1. The van der Waals surface area contributed by atoms with E-state index in [0.29, 0.717) is 29.8 Å². The van der Waals surface area contributed by atoms with Crippen LogP contribution in [0, 0.1) is 12.7 Å². The van der Waals surface area contributed by atoms with E-state index in [1.165, 1.54) is 16.7 Å². The normalized spacial score (nSPS) is 20.8. The number of methoxy groups -OCH3 is 1. The SMILES string of the molecule is [2H]C([2H])([2H])Oc1nc(N[C@@H]2CCN(C)C[C@@H]2F)nn2cc(F)c(-c3ccc4nc(C)n(CC(F)F)c4c3)c12. The Hall–Kier alpha value is -3.41. The van der Waals surface area contributed by atoms with Gasteiger partial charge in [-0.15, -0.1) is 5.10 Å². The molecule has 0 saturated carbocycles. The molecule has 12 heteroatoms. The Bertz CT molecular complexity index is 1490. The van der Waals surface area contributed by atoms with Gasteiger partial charge in [-0.1, -0.05) is 6.07 Å². The van der Waals surface area contributed by atoms with Crippen molar-refractivity contribution in [1.82, 2.24) is 29.0 Å². The summed E-state index contributed by atoms with van der Waals surface area (Å²) in [5, 5.41) is 7.11. The molecule has 3 aromatic heterocycles. The monoisotopic (exact) mass is 494 g/mol. The molecule has 0 unspecified atom stereocenters. The number of piperidine rings is 1. The van der Waals surface area contributed by atoms with Gasteiger partial charge in [0.2, 0.25) is 11.8 Å². The van der Waals surface area contributed by atoms with Crippen LogP contribution in [0.1, 0.15) is 16.4 Å². The highest BCUT2D eigenvalue weighted by atomic mass is 19.3. The second-order valence-corrected chi connectivity index (χ2v) is 8.67. The molecule has 1 aromatic carbocycles. The number of alkyl halides is 3. The van der Waals surface area contributed by atoms with Crippen LogP contribution in [0.3, 0.4) is 0 Å². The van der Waals surface area contributed by atoms with Crippen LogP contribution >= 0.6 is 0 Å². The number of ether oxygens (including phenoxy) is 1. The second kappa shape index (κ2) is 8.99. The van der Waals surface area contributed by atoms with E-state index in [1.807, 2.05) is 4.90 Å². The van der Waals surface area contributed by atoms with Crippen molar-refractivity contribution in [3.8, 4) is 17.0 Å². The minimum Gasteiger partial charge on any atom is -0.479 e. The highest BCUT2D eigenvalue weighted by Crippen LogP contribution is 2.36. The van der Waals surface area contributed by atoms with Crippen molar-refractivity contribution in [3.05, 3.63) is 36.0 Å². The fraction of sp³-hybridized carbons (Fsp3) is 0.435. The summed E-state index contributed by atoms with van der Waals surface area (Å²) < 4.78 is 86.7. The van der Waals surface area contributed by atoms with E-state index in [-0.39, 0.29) is 29.1 Å². The molecule has 2 atom stereocenters. The minimum atomic E-state index is -2.93. The van der Waals surface area contributed by atoms with Gasteiger partial charge in [-0.3, -0.25) is 0 Å². The lowest BCUT2D eigenvalue weighted by atomic mass is 10.0. The molecule has 1 N–H and O–H groups in total. The van der Waals surface area contributed by atoms with Crippen molar-refractivity contribution >= 4 is 22.5 Å². The maximum Gasteiger partial charge on any atom is 0.256 e. The molecule has 4 heterocycles. The van der Waals surface area contributed by atoms with Crippen LogP contribution in [0.4, 0.5) is 23.5 Å². The zero-order chi connectivity index (χ0) is 27.4. The molecule has 0 radical (unpaired) electrons. The zero-order valence-corrected chi connectivity index (χ0v) is 19.0. The van der Waals surface area contributed by atoms with Gasteiger partial charge in [0.15, 0.2) is 5.82 Å². The Morgan fingerprint density at radius 2 is 2.14 bits per heavy atom. The first-order valence-electron chi connectivity index (χ1n) is 12.5. The summed E-state index contributed by atoms with van der Waals surface area (Å²) in [5.41, 5.74) is 0.888. The van der Waals surface area contributed by atoms with Crippen LogP contribution < -0.4 is 10.1 Å². The number of nitrogens with one attached hydrogen (secondary N) is 1. The van der Waals surface area contributed by atoms with Gasteiger partial charge in [-0.2, -0.15) is 4.98 Å². The lowest BCUT2D eigenvalue weighted by Gasteiger charge is -2.32. The Labute approximate surface area is 202 Å². The van der Waals surface area contributed by atoms with E-state index in [9.17, 15) is 13.2 Å². The smallest absolute Gasteiger partial charge is 0.256 e. The van der Waals surface area contributed by atoms with Crippen LogP contribution in [0.5, 0.6) is 5.88 Å². The van der Waals surface area contributed by atoms with Crippen LogP contribution in [-0.2, 0) is 6.54 Å². The van der Waals surface area contributed by atoms with Crippen molar-refractivity contribution in [2.24, 2.45) is 0 Å². The Balaban J connectivity index is 1.63. The molecule has 0 aliphatic carbocycles. The predicted octanol–water partition coefficient (Wildman–Crippen LogP) is 3.92. The van der Waals surface area contributed by atoms with Gasteiger partial charge >= 0.3 is 0 Å². The molecular weight excluding hydrogens is 466 g/mol. The number of aromatic nitrogens is 5. The molecule has 186 valence electrons. The van der Waals surface area contributed by atoms with Gasteiger partial charge in [0, 0.05) is 13.1 Å². The standard InChI is InChI=1S/C23H25F4N7O/c1-12-28-17-5-4-13(8-18(17)33(12)11-19(26)27)20-15(25)10-34-21(20)22(35-3)30-23(31-34)29-16-6-7-32(2)9-14(16)24/h4-5,8,10,14,16,19H,6-7,9,11H2,1-3H3,(H,29,31)/t14-,16+/m0/s1/i3D3. The summed E-state index contributed by atoms with van der Waals surface area (Å²) in [4.78, 5) is 10.3. The fourth-order valence-corrected chi connectivity index (χ4v) is 4.58. The van der Waals surface area contributed by atoms with Gasteiger partial charge < -0.3 is 19.5 Å². The number of hydrogen-bond acceptors (Lipinski definition) is 6. The van der Waals surface area contributed by atoms with Crippen molar-refractivity contribution in [1.29, 1.82) is 0 Å². The third-order valence-corrected chi connectivity index (χ3v) is 6.26. The number of hydrogen-bond donors (Lipinski definition) is 1. The number of aryl methyl sites for hydroxylation is 1. The lowest BCUT2D eigenvalue weighted by Crippen LogP contribution is -2.46. The Kier molecular flexibility index (Phi) is 5.10. The lowest BCUT2D eigenvalue weighted by molar-refractivity contribution is 0.127. The quantitative estimate of drug-likeness (QED) is 0.410. The fourth-order valence-electron chi connectivity index (χ4n) is 4.58. The number of nitrogens with zero attached hydrogens (tertiary/aromatic N) is 6. The summed E-state index contributed by atoms with van der Waals surface area (Å²) in [6.45, 7) is 1.83. The average Bonchev–Trinajstić information content (AvgIpc) is 3.29. The number of fused-ring (bicyclic) bond motifs is 2. The topological polar surface area (TPSA) is 72.5 Å². The van der Waals surface area contributed by atoms with Gasteiger partial charge in [0.25, 0.3) is 6.43 Å². The molecular formula is C23H25F4N7O. The predicted molar refractivity (Wildman–Crippen MR) is 123 cm³/mol. The average molecular weight is 495 g/mol. The molecule has 1 saturated heterocycles. The van der Waals surface area contributed by atoms with Crippen molar-refractivity contribution in [3.63, 3.8) is 0 Å². The Morgan fingerprint density at radius 1 is 1.31 bits per heavy atom. The van der Waals surface area contributed by atoms with Gasteiger partial charge in [-0.25, -0.2) is 27.1 Å². The van der Waals surface area contributed by atoms with Gasteiger partial charge in [0.1, 0.15) is 17.5 Å². The van der Waals surface area contributed by atoms with Crippen LogP contribution in [0.25, 0.3) is 27.7 Å². The minimum absolute atomic E-state index is 0.0807. The van der Waals surface area contributed by atoms with E-state index in [1.54, 1.807) is 20.0 Å². The maximum atomic E-state index is 15.4. The molecule has 35 heavy (non-hydrogen) atoms. The molecule has 1 aliphatic heterocycles. The van der Waals surface area contributed by atoms with E-state index >= 15 is 4.39 Å². The van der Waals surface area contributed by atoms with E-state index in [2.05, 4.69) is 20.4 Å². The summed E-state index contributed by atoms with van der Waals surface area (Å²) in [6.07, 6.45) is -2.39. The highest BCUT2D eigenvalue weighted by molar-refractivity contribution is 5.90. The number of imidazole rings is 1. The van der Waals surface area contributed by atoms with Crippen LogP contribution in [0.2, 0.25) is 0 Å². The molecule has 1 aliphatic rings. The molecule has 0 amide bonds. The highest BCUT2D eigenvalue weighted by Gasteiger charge is 2.29. The number of benzene rings is 1. The second-order valence-electron chi connectivity index (χ2n) is 8.67. The van der Waals surface area contributed by atoms with E-state index in [4.69, 9.17) is 8.85 Å². The molecule has 5 rings (SSSR count). The maximum absolute atomic E-state index is 15.4. The first-order valence-corrected chi connectivity index (χ1v) is 11.0. The summed E-state index contributed by atoms with van der Waals surface area (Å²) in [7, 11) is -1.13. The third-order valence-electron chi connectivity index (χ3n) is 6.26. The third kappa shape index (κ3) is 4.26. The summed E-state index contributed by atoms with van der Waals surface area (Å²) in [5.74, 6) is -0.977. The first-order chi connectivity index (χ1) is 17.9. The number of likely N-dealkylation sites (tertiary alicyclic amines) is 1. The molecule has 0 bridgehead atoms. The van der Waals surface area contributed by atoms with Crippen molar-refractivity contribution in [2.45, 2.75) is 38.5 Å². The molecule has 8 nitrogen and oxygen atoms in total. The first kappa shape index (κ1) is 19.8. The molecule has 1 fully saturated rings. The summed E-state index contributed by atoms with van der Waals surface area (Å²) >= 11 is 0. The number of rotatable bonds is 6. The van der Waals surface area contributed by atoms with Gasteiger partial charge in [-0.05, 0) is 38.1 Å². The van der Waals surface area contributed by atoms with Gasteiger partial charge in [0.05, 0.1) is 46.5 Å². The van der Waals surface area contributed by atoms with E-state index in [0.717, 1.165) is 10.7 Å². The zero-order valence-electron chi connectivity index (χ0n) is 22.0. The van der Waals surface area contributed by atoms with Crippen molar-refractivity contribution in [2.75, 3.05) is 32.5 Å². The Morgan fingerprint density at radius 3 is 2.89 bits per heavy atom. The van der Waals surface area contributed by atoms with Crippen LogP contribution in [-0.4, -0.2) is 74.9 Å². The largest absolute Gasteiger partial charge is 0.479 e. The van der Waals surface area contributed by atoms with E-state index < -0.39 is 43.9 Å². The van der Waals surface area contributed by atoms with Crippen LogP contribution in [0.15, 0.2) is 24.4 Å². The molecule has 0 spiro atoms. The molecule has 4 aromatic rings. The summed E-state index contributed by atoms with van der Waals surface area (Å²) in [6, 6.07) is 3.96.